The predicted molar refractivity (Wildman–Crippen MR) is 78.3 cm³/mol. The Kier molecular flexibility index (Phi) is 2.73. The van der Waals surface area contributed by atoms with Crippen LogP contribution in [0.3, 0.4) is 0 Å². The molecule has 1 aliphatic rings. The summed E-state index contributed by atoms with van der Waals surface area (Å²) in [6.45, 7) is 0.444. The summed E-state index contributed by atoms with van der Waals surface area (Å²) in [4.78, 5) is 19.4. The van der Waals surface area contributed by atoms with Crippen molar-refractivity contribution in [2.75, 3.05) is 0 Å². The van der Waals surface area contributed by atoms with Gasteiger partial charge in [-0.2, -0.15) is 0 Å². The molecule has 0 radical (unpaired) electrons. The van der Waals surface area contributed by atoms with E-state index in [0.717, 1.165) is 28.8 Å². The van der Waals surface area contributed by atoms with Crippen molar-refractivity contribution in [1.82, 2.24) is 9.55 Å². The van der Waals surface area contributed by atoms with E-state index in [0.29, 0.717) is 6.54 Å². The molecule has 0 amide bonds. The standard InChI is InChI=1S/C15H14N2O2S/c18-15-13-11-5-1-2-6-12(11)20-14(13)16-9-17(15)8-10-4-3-7-19-10/h3-4,7,9H,1-2,5-6,8H2. The van der Waals surface area contributed by atoms with Crippen molar-refractivity contribution in [3.05, 3.63) is 51.3 Å². The molecule has 0 saturated heterocycles. The van der Waals surface area contributed by atoms with Crippen LogP contribution in [0.4, 0.5) is 0 Å². The smallest absolute Gasteiger partial charge is 0.262 e. The van der Waals surface area contributed by atoms with E-state index in [2.05, 4.69) is 4.98 Å². The van der Waals surface area contributed by atoms with Gasteiger partial charge in [-0.1, -0.05) is 0 Å². The van der Waals surface area contributed by atoms with Gasteiger partial charge in [-0.05, 0) is 43.4 Å². The highest BCUT2D eigenvalue weighted by Crippen LogP contribution is 2.33. The van der Waals surface area contributed by atoms with E-state index < -0.39 is 0 Å². The molecule has 5 heteroatoms. The quantitative estimate of drug-likeness (QED) is 0.727. The molecule has 0 aromatic carbocycles. The molecule has 3 aromatic rings. The topological polar surface area (TPSA) is 48.0 Å². The molecule has 0 aliphatic heterocycles. The van der Waals surface area contributed by atoms with Gasteiger partial charge in [0.25, 0.3) is 5.56 Å². The van der Waals surface area contributed by atoms with E-state index in [1.54, 1.807) is 28.5 Å². The summed E-state index contributed by atoms with van der Waals surface area (Å²) in [6, 6.07) is 3.71. The maximum absolute atomic E-state index is 12.7. The Hall–Kier alpha value is -1.88. The second-order valence-corrected chi connectivity index (χ2v) is 6.23. The van der Waals surface area contributed by atoms with E-state index >= 15 is 0 Å². The van der Waals surface area contributed by atoms with Gasteiger partial charge >= 0.3 is 0 Å². The summed E-state index contributed by atoms with van der Waals surface area (Å²) in [5.74, 6) is 0.775. The normalized spacial score (nSPS) is 14.6. The molecule has 0 N–H and O–H groups in total. The first-order valence-electron chi connectivity index (χ1n) is 6.85. The van der Waals surface area contributed by atoms with E-state index in [1.807, 2.05) is 12.1 Å². The number of aromatic nitrogens is 2. The summed E-state index contributed by atoms with van der Waals surface area (Å²) in [7, 11) is 0. The van der Waals surface area contributed by atoms with Gasteiger partial charge in [0.05, 0.1) is 24.5 Å². The van der Waals surface area contributed by atoms with Crippen molar-refractivity contribution in [3.63, 3.8) is 0 Å². The summed E-state index contributed by atoms with van der Waals surface area (Å²) in [6.07, 6.45) is 7.75. The maximum atomic E-state index is 12.7. The molecule has 0 spiro atoms. The highest BCUT2D eigenvalue weighted by atomic mass is 32.1. The SMILES string of the molecule is O=c1c2c3c(sc2ncn1Cc1ccco1)CCCC3. The largest absolute Gasteiger partial charge is 0.467 e. The fourth-order valence-electron chi connectivity index (χ4n) is 2.86. The molecular formula is C15H14N2O2S. The lowest BCUT2D eigenvalue weighted by atomic mass is 9.97. The molecule has 0 fully saturated rings. The van der Waals surface area contributed by atoms with Crippen LogP contribution in [0.2, 0.25) is 0 Å². The average molecular weight is 286 g/mol. The molecule has 20 heavy (non-hydrogen) atoms. The highest BCUT2D eigenvalue weighted by Gasteiger charge is 2.20. The minimum Gasteiger partial charge on any atom is -0.467 e. The van der Waals surface area contributed by atoms with Crippen LogP contribution in [0, 0.1) is 0 Å². The van der Waals surface area contributed by atoms with E-state index in [1.165, 1.54) is 23.3 Å². The first-order chi connectivity index (χ1) is 9.83. The number of rotatable bonds is 2. The maximum Gasteiger partial charge on any atom is 0.262 e. The summed E-state index contributed by atoms with van der Waals surface area (Å²) in [5.41, 5.74) is 1.30. The fourth-order valence-corrected chi connectivity index (χ4v) is 4.08. The highest BCUT2D eigenvalue weighted by molar-refractivity contribution is 7.18. The Balaban J connectivity index is 1.87. The molecular weight excluding hydrogens is 272 g/mol. The van der Waals surface area contributed by atoms with E-state index in [9.17, 15) is 4.79 Å². The zero-order chi connectivity index (χ0) is 13.5. The third-order valence-electron chi connectivity index (χ3n) is 3.85. The number of aryl methyl sites for hydroxylation is 2. The van der Waals surface area contributed by atoms with Gasteiger partial charge in [0.1, 0.15) is 10.6 Å². The van der Waals surface area contributed by atoms with Crippen molar-refractivity contribution in [2.45, 2.75) is 32.2 Å². The third-order valence-corrected chi connectivity index (χ3v) is 5.05. The first-order valence-corrected chi connectivity index (χ1v) is 7.66. The molecule has 1 aliphatic carbocycles. The molecule has 0 atom stereocenters. The van der Waals surface area contributed by atoms with Crippen LogP contribution < -0.4 is 5.56 Å². The third kappa shape index (κ3) is 1.81. The Labute approximate surface area is 119 Å². The Bertz CT molecular complexity index is 814. The Morgan fingerprint density at radius 3 is 3.10 bits per heavy atom. The molecule has 0 unspecified atom stereocenters. The zero-order valence-electron chi connectivity index (χ0n) is 11.0. The van der Waals surface area contributed by atoms with Gasteiger partial charge in [0.15, 0.2) is 0 Å². The molecule has 3 aromatic heterocycles. The minimum atomic E-state index is 0.0609. The number of fused-ring (bicyclic) bond motifs is 3. The van der Waals surface area contributed by atoms with E-state index in [4.69, 9.17) is 4.42 Å². The molecule has 4 nitrogen and oxygen atoms in total. The number of hydrogen-bond donors (Lipinski definition) is 0. The summed E-state index contributed by atoms with van der Waals surface area (Å²) >= 11 is 1.68. The van der Waals surface area contributed by atoms with Gasteiger partial charge in [-0.15, -0.1) is 11.3 Å². The molecule has 0 saturated carbocycles. The van der Waals surface area contributed by atoms with Crippen molar-refractivity contribution in [2.24, 2.45) is 0 Å². The molecule has 102 valence electrons. The van der Waals surface area contributed by atoms with Crippen LogP contribution >= 0.6 is 11.3 Å². The zero-order valence-corrected chi connectivity index (χ0v) is 11.8. The Morgan fingerprint density at radius 1 is 1.35 bits per heavy atom. The fraction of sp³-hybridized carbons (Fsp3) is 0.333. The van der Waals surface area contributed by atoms with Crippen LogP contribution in [0.5, 0.6) is 0 Å². The second kappa shape index (κ2) is 4.59. The number of nitrogens with zero attached hydrogens (tertiary/aromatic N) is 2. The molecule has 3 heterocycles. The van der Waals surface area contributed by atoms with Gasteiger partial charge in [-0.25, -0.2) is 4.98 Å². The predicted octanol–water partition coefficient (Wildman–Crippen LogP) is 2.98. The van der Waals surface area contributed by atoms with Crippen LogP contribution in [0.15, 0.2) is 33.9 Å². The number of furan rings is 1. The lowest BCUT2D eigenvalue weighted by molar-refractivity contribution is 0.489. The van der Waals surface area contributed by atoms with Crippen LogP contribution in [-0.2, 0) is 19.4 Å². The van der Waals surface area contributed by atoms with Crippen molar-refractivity contribution < 1.29 is 4.42 Å². The summed E-state index contributed by atoms with van der Waals surface area (Å²) < 4.78 is 6.96. The molecule has 4 rings (SSSR count). The van der Waals surface area contributed by atoms with Crippen molar-refractivity contribution in [1.29, 1.82) is 0 Å². The van der Waals surface area contributed by atoms with Gasteiger partial charge in [0, 0.05) is 4.88 Å². The van der Waals surface area contributed by atoms with Crippen molar-refractivity contribution in [3.8, 4) is 0 Å². The lowest BCUT2D eigenvalue weighted by Gasteiger charge is -2.10. The van der Waals surface area contributed by atoms with E-state index in [-0.39, 0.29) is 5.56 Å². The minimum absolute atomic E-state index is 0.0609. The van der Waals surface area contributed by atoms with Crippen molar-refractivity contribution >= 4 is 21.6 Å². The number of hydrogen-bond acceptors (Lipinski definition) is 4. The second-order valence-electron chi connectivity index (χ2n) is 5.15. The van der Waals surface area contributed by atoms with Crippen LogP contribution in [0.1, 0.15) is 29.0 Å². The van der Waals surface area contributed by atoms with Gasteiger partial charge < -0.3 is 4.42 Å². The first kappa shape index (κ1) is 11.9. The van der Waals surface area contributed by atoms with Gasteiger partial charge in [0.2, 0.25) is 0 Å². The average Bonchev–Trinajstić information content (AvgIpc) is 3.09. The number of thiophene rings is 1. The summed E-state index contributed by atoms with van der Waals surface area (Å²) in [5, 5.41) is 0.832. The lowest BCUT2D eigenvalue weighted by Crippen LogP contribution is -2.21. The van der Waals surface area contributed by atoms with Crippen LogP contribution in [-0.4, -0.2) is 9.55 Å². The van der Waals surface area contributed by atoms with Gasteiger partial charge in [-0.3, -0.25) is 9.36 Å². The molecule has 0 bridgehead atoms. The Morgan fingerprint density at radius 2 is 2.25 bits per heavy atom. The van der Waals surface area contributed by atoms with Crippen LogP contribution in [0.25, 0.3) is 10.2 Å². The monoisotopic (exact) mass is 286 g/mol.